The van der Waals surface area contributed by atoms with Crippen molar-refractivity contribution in [2.45, 2.75) is 12.6 Å². The number of halogens is 2. The lowest BCUT2D eigenvalue weighted by Crippen LogP contribution is -2.43. The van der Waals surface area contributed by atoms with Crippen molar-refractivity contribution in [1.82, 2.24) is 25.4 Å². The molecule has 37 heavy (non-hydrogen) atoms. The number of anilines is 2. The topological polar surface area (TPSA) is 139 Å². The van der Waals surface area contributed by atoms with Crippen LogP contribution in [0.1, 0.15) is 9.67 Å². The monoisotopic (exact) mass is 534 g/mol. The lowest BCUT2D eigenvalue weighted by molar-refractivity contribution is -0.380. The molecule has 16 heteroatoms. The molecule has 0 aliphatic carbocycles. The van der Waals surface area contributed by atoms with Gasteiger partial charge in [0.15, 0.2) is 11.6 Å². The van der Waals surface area contributed by atoms with Crippen LogP contribution in [0, 0.1) is 21.7 Å². The van der Waals surface area contributed by atoms with E-state index in [2.05, 4.69) is 15.7 Å². The van der Waals surface area contributed by atoms with Gasteiger partial charge in [0.05, 0.1) is 36.4 Å². The van der Waals surface area contributed by atoms with E-state index in [4.69, 9.17) is 4.74 Å². The molecular weight excluding hydrogens is 514 g/mol. The second kappa shape index (κ2) is 10.1. The Balaban J connectivity index is 1.27. The van der Waals surface area contributed by atoms with E-state index < -0.39 is 34.7 Å². The minimum atomic E-state index is -0.865. The van der Waals surface area contributed by atoms with Crippen molar-refractivity contribution in [3.05, 3.63) is 63.3 Å². The fourth-order valence-corrected chi connectivity index (χ4v) is 4.95. The number of amides is 2. The summed E-state index contributed by atoms with van der Waals surface area (Å²) < 4.78 is 37.1. The molecule has 2 fully saturated rings. The molecule has 0 bridgehead atoms. The van der Waals surface area contributed by atoms with Crippen LogP contribution >= 0.6 is 11.3 Å². The van der Waals surface area contributed by atoms with Gasteiger partial charge in [-0.05, 0) is 6.07 Å². The Hall–Kier alpha value is -4.18. The summed E-state index contributed by atoms with van der Waals surface area (Å²) in [7, 11) is 0. The van der Waals surface area contributed by atoms with Gasteiger partial charge in [-0.3, -0.25) is 24.8 Å². The van der Waals surface area contributed by atoms with Gasteiger partial charge in [-0.2, -0.15) is 0 Å². The largest absolute Gasteiger partial charge is 0.442 e. The summed E-state index contributed by atoms with van der Waals surface area (Å²) >= 11 is 0.752. The molecule has 13 nitrogen and oxygen atoms in total. The molecule has 5 rings (SSSR count). The fraction of sp³-hybridized carbons (Fsp3) is 0.333. The number of carbonyl (C=O) groups excluding carboxylic acids is 2. The third kappa shape index (κ3) is 5.05. The van der Waals surface area contributed by atoms with Gasteiger partial charge in [0.25, 0.3) is 5.91 Å². The van der Waals surface area contributed by atoms with Crippen molar-refractivity contribution >= 4 is 39.7 Å². The first-order valence-corrected chi connectivity index (χ1v) is 12.0. The Morgan fingerprint density at radius 3 is 2.70 bits per heavy atom. The molecule has 2 aliphatic heterocycles. The molecule has 2 aliphatic rings. The zero-order valence-corrected chi connectivity index (χ0v) is 19.9. The van der Waals surface area contributed by atoms with Gasteiger partial charge >= 0.3 is 11.1 Å². The number of ether oxygens (including phenoxy) is 1. The third-order valence-corrected chi connectivity index (χ3v) is 6.90. The van der Waals surface area contributed by atoms with E-state index in [0.717, 1.165) is 28.4 Å². The smallest absolute Gasteiger partial charge is 0.414 e. The highest BCUT2D eigenvalue weighted by atomic mass is 32.1. The molecule has 0 unspecified atom stereocenters. The van der Waals surface area contributed by atoms with E-state index in [1.807, 2.05) is 0 Å². The minimum Gasteiger partial charge on any atom is -0.442 e. The van der Waals surface area contributed by atoms with Crippen molar-refractivity contribution in [3.63, 3.8) is 0 Å². The third-order valence-electron chi connectivity index (χ3n) is 5.87. The van der Waals surface area contributed by atoms with Crippen LogP contribution in [0.4, 0.5) is 30.0 Å². The lowest BCUT2D eigenvalue weighted by atomic mass is 10.2. The predicted molar refractivity (Wildman–Crippen MR) is 126 cm³/mol. The number of thiophene rings is 1. The standard InChI is InChI=1S/C21H20F2N8O5S/c22-15-9-13(29-12-14(36-21(29)33)11-28-6-3-24-26-28)10-16(23)19(15)27-5-4-25-30(8-7-27)20(32)17-1-2-18(37-17)31(34)35/h1-3,6,9-10,14,25H,4-5,7-8,11-12H2/t14-/m0/s1. The molecule has 0 spiro atoms. The van der Waals surface area contributed by atoms with E-state index in [9.17, 15) is 19.7 Å². The summed E-state index contributed by atoms with van der Waals surface area (Å²) in [5.74, 6) is -2.20. The van der Waals surface area contributed by atoms with E-state index in [1.54, 1.807) is 6.20 Å². The Bertz CT molecular complexity index is 1310. The Morgan fingerprint density at radius 2 is 2.03 bits per heavy atom. The number of rotatable bonds is 6. The molecule has 194 valence electrons. The number of aromatic nitrogens is 3. The summed E-state index contributed by atoms with van der Waals surface area (Å²) in [5.41, 5.74) is 2.64. The van der Waals surface area contributed by atoms with Gasteiger partial charge in [0.1, 0.15) is 16.7 Å². The molecule has 2 aromatic heterocycles. The number of nitrogens with zero attached hydrogens (tertiary/aromatic N) is 7. The first-order chi connectivity index (χ1) is 17.8. The minimum absolute atomic E-state index is 0.0221. The quantitative estimate of drug-likeness (QED) is 0.372. The fourth-order valence-electron chi connectivity index (χ4n) is 4.18. The first kappa shape index (κ1) is 24.5. The number of carbonyl (C=O) groups is 2. The second-order valence-electron chi connectivity index (χ2n) is 8.25. The predicted octanol–water partition coefficient (Wildman–Crippen LogP) is 2.02. The van der Waals surface area contributed by atoms with Gasteiger partial charge in [0, 0.05) is 44.0 Å². The van der Waals surface area contributed by atoms with Crippen LogP contribution in [0.3, 0.4) is 0 Å². The summed E-state index contributed by atoms with van der Waals surface area (Å²) in [6.45, 7) is 0.900. The van der Waals surface area contributed by atoms with Gasteiger partial charge in [-0.15, -0.1) is 5.10 Å². The number of nitrogens with one attached hydrogen (secondary N) is 1. The molecule has 2 saturated heterocycles. The van der Waals surface area contributed by atoms with Crippen molar-refractivity contribution in [3.8, 4) is 0 Å². The summed E-state index contributed by atoms with van der Waals surface area (Å²) in [6.07, 6.45) is 1.81. The van der Waals surface area contributed by atoms with Crippen molar-refractivity contribution < 1.29 is 28.0 Å². The number of hydrogen-bond acceptors (Lipinski definition) is 10. The number of hydrogen-bond donors (Lipinski definition) is 1. The van der Waals surface area contributed by atoms with Crippen molar-refractivity contribution in [2.75, 3.05) is 42.5 Å². The summed E-state index contributed by atoms with van der Waals surface area (Å²) in [5, 5.41) is 19.5. The van der Waals surface area contributed by atoms with Crippen LogP contribution in [-0.2, 0) is 11.3 Å². The van der Waals surface area contributed by atoms with Crippen LogP contribution in [0.2, 0.25) is 0 Å². The van der Waals surface area contributed by atoms with Gasteiger partial charge in [-0.25, -0.2) is 23.7 Å². The Labute approximate surface area is 211 Å². The van der Waals surface area contributed by atoms with Crippen LogP contribution in [0.5, 0.6) is 0 Å². The molecule has 2 amide bonds. The van der Waals surface area contributed by atoms with Crippen LogP contribution in [0.15, 0.2) is 36.7 Å². The zero-order chi connectivity index (χ0) is 26.1. The molecule has 3 aromatic rings. The SMILES string of the molecule is O=C(c1ccc([N+](=O)[O-])s1)N1CCN(c2c(F)cc(N3C[C@H](Cn4ccnn4)OC3=O)cc2F)CCN1. The van der Waals surface area contributed by atoms with Gasteiger partial charge < -0.3 is 9.64 Å². The molecule has 1 aromatic carbocycles. The zero-order valence-electron chi connectivity index (χ0n) is 19.1. The second-order valence-corrected chi connectivity index (χ2v) is 9.31. The normalized spacial score (nSPS) is 18.2. The Morgan fingerprint density at radius 1 is 1.24 bits per heavy atom. The maximum atomic E-state index is 15.2. The molecule has 1 N–H and O–H groups in total. The van der Waals surface area contributed by atoms with E-state index in [1.165, 1.54) is 32.9 Å². The van der Waals surface area contributed by atoms with Crippen molar-refractivity contribution in [2.24, 2.45) is 0 Å². The molecule has 0 saturated carbocycles. The number of benzene rings is 1. The first-order valence-electron chi connectivity index (χ1n) is 11.2. The van der Waals surface area contributed by atoms with E-state index in [0.29, 0.717) is 0 Å². The maximum absolute atomic E-state index is 15.2. The highest BCUT2D eigenvalue weighted by Gasteiger charge is 2.34. The molecule has 0 radical (unpaired) electrons. The maximum Gasteiger partial charge on any atom is 0.414 e. The van der Waals surface area contributed by atoms with Gasteiger partial charge in [-0.1, -0.05) is 16.6 Å². The van der Waals surface area contributed by atoms with Gasteiger partial charge in [0.2, 0.25) is 0 Å². The van der Waals surface area contributed by atoms with Crippen LogP contribution in [0.25, 0.3) is 0 Å². The van der Waals surface area contributed by atoms with E-state index >= 15 is 8.78 Å². The molecule has 1 atom stereocenters. The average Bonchev–Trinajstić information content (AvgIpc) is 3.58. The number of nitro groups is 1. The van der Waals surface area contributed by atoms with Crippen LogP contribution < -0.4 is 15.2 Å². The van der Waals surface area contributed by atoms with E-state index in [-0.39, 0.29) is 60.5 Å². The Kier molecular flexibility index (Phi) is 6.66. The highest BCUT2D eigenvalue weighted by Crippen LogP contribution is 2.32. The summed E-state index contributed by atoms with van der Waals surface area (Å²) in [6, 6.07) is 4.77. The molecular formula is C21H20F2N8O5S. The lowest BCUT2D eigenvalue weighted by Gasteiger charge is -2.25. The highest BCUT2D eigenvalue weighted by molar-refractivity contribution is 7.17. The molecule has 4 heterocycles. The van der Waals surface area contributed by atoms with Crippen LogP contribution in [-0.4, -0.2) is 75.8 Å². The summed E-state index contributed by atoms with van der Waals surface area (Å²) in [4.78, 5) is 38.2. The number of cyclic esters (lactones) is 1. The van der Waals surface area contributed by atoms with Crippen molar-refractivity contribution in [1.29, 1.82) is 0 Å². The average molecular weight is 535 g/mol. The number of hydrazine groups is 1.